The fourth-order valence-electron chi connectivity index (χ4n) is 2.40. The van der Waals surface area contributed by atoms with Crippen molar-refractivity contribution >= 4 is 29.5 Å². The first-order valence-electron chi connectivity index (χ1n) is 7.47. The molecule has 0 radical (unpaired) electrons. The van der Waals surface area contributed by atoms with Gasteiger partial charge in [0, 0.05) is 24.4 Å². The zero-order chi connectivity index (χ0) is 16.5. The van der Waals surface area contributed by atoms with E-state index in [0.29, 0.717) is 40.3 Å². The predicted molar refractivity (Wildman–Crippen MR) is 89.2 cm³/mol. The number of hydrogen-bond donors (Lipinski definition) is 3. The van der Waals surface area contributed by atoms with Crippen LogP contribution in [0, 0.1) is 4.77 Å². The minimum absolute atomic E-state index is 0.218. The largest absolute Gasteiger partial charge is 0.350 e. The molecule has 0 aliphatic heterocycles. The monoisotopic (exact) mass is 362 g/mol. The van der Waals surface area contributed by atoms with Crippen LogP contribution in [0.2, 0.25) is 0 Å². The zero-order valence-corrected chi connectivity index (χ0v) is 14.2. The van der Waals surface area contributed by atoms with E-state index >= 15 is 0 Å². The summed E-state index contributed by atoms with van der Waals surface area (Å²) >= 11 is 6.59. The third-order valence-electron chi connectivity index (χ3n) is 3.68. The number of rotatable bonds is 6. The molecule has 4 rings (SSSR count). The first kappa shape index (κ1) is 15.1. The third kappa shape index (κ3) is 2.99. The Morgan fingerprint density at radius 1 is 1.46 bits per heavy atom. The summed E-state index contributed by atoms with van der Waals surface area (Å²) in [6.07, 6.45) is 4.30. The van der Waals surface area contributed by atoms with E-state index in [1.165, 1.54) is 17.7 Å². The minimum atomic E-state index is -0.218. The van der Waals surface area contributed by atoms with Gasteiger partial charge in [-0.05, 0) is 25.1 Å². The fourth-order valence-corrected chi connectivity index (χ4v) is 3.44. The van der Waals surface area contributed by atoms with Crippen LogP contribution in [0.5, 0.6) is 0 Å². The van der Waals surface area contributed by atoms with Gasteiger partial charge >= 0.3 is 0 Å². The van der Waals surface area contributed by atoms with Crippen molar-refractivity contribution in [2.24, 2.45) is 0 Å². The van der Waals surface area contributed by atoms with Crippen molar-refractivity contribution in [2.75, 3.05) is 6.54 Å². The molecule has 0 bridgehead atoms. The summed E-state index contributed by atoms with van der Waals surface area (Å²) in [6.45, 7) is 0.473. The molecule has 11 heteroatoms. The van der Waals surface area contributed by atoms with Crippen LogP contribution in [-0.4, -0.2) is 47.4 Å². The number of thiazole rings is 1. The number of nitrogens with zero attached hydrogens (tertiary/aromatic N) is 5. The molecule has 1 aliphatic carbocycles. The van der Waals surface area contributed by atoms with E-state index in [1.807, 2.05) is 4.57 Å². The van der Waals surface area contributed by atoms with Crippen LogP contribution in [0.15, 0.2) is 11.7 Å². The highest BCUT2D eigenvalue weighted by Gasteiger charge is 2.27. The van der Waals surface area contributed by atoms with Crippen molar-refractivity contribution in [3.8, 4) is 10.8 Å². The van der Waals surface area contributed by atoms with E-state index in [0.717, 1.165) is 18.7 Å². The summed E-state index contributed by atoms with van der Waals surface area (Å²) in [4.78, 5) is 20.5. The van der Waals surface area contributed by atoms with E-state index in [2.05, 4.69) is 35.7 Å². The number of hydrogen-bond acceptors (Lipinski definition) is 7. The Morgan fingerprint density at radius 2 is 2.33 bits per heavy atom. The first-order chi connectivity index (χ1) is 11.7. The van der Waals surface area contributed by atoms with Crippen LogP contribution >= 0.6 is 23.6 Å². The van der Waals surface area contributed by atoms with Crippen molar-refractivity contribution < 1.29 is 4.79 Å². The lowest BCUT2D eigenvalue weighted by Gasteiger charge is -2.05. The van der Waals surface area contributed by atoms with Gasteiger partial charge in [-0.2, -0.15) is 10.2 Å². The average molecular weight is 362 g/mol. The van der Waals surface area contributed by atoms with Gasteiger partial charge in [-0.1, -0.05) is 0 Å². The Morgan fingerprint density at radius 3 is 3.08 bits per heavy atom. The Kier molecular flexibility index (Phi) is 3.94. The lowest BCUT2D eigenvalue weighted by atomic mass is 10.3. The van der Waals surface area contributed by atoms with Crippen LogP contribution in [0.4, 0.5) is 0 Å². The minimum Gasteiger partial charge on any atom is -0.350 e. The van der Waals surface area contributed by atoms with Crippen molar-refractivity contribution in [3.05, 3.63) is 28.0 Å². The van der Waals surface area contributed by atoms with Crippen LogP contribution in [0.25, 0.3) is 10.8 Å². The van der Waals surface area contributed by atoms with E-state index in [4.69, 9.17) is 12.2 Å². The van der Waals surface area contributed by atoms with Gasteiger partial charge in [0.15, 0.2) is 15.6 Å². The molecule has 0 unspecified atom stereocenters. The normalized spacial score (nSPS) is 14.0. The molecule has 9 nitrogen and oxygen atoms in total. The topological polar surface area (TPSA) is 117 Å². The number of nitrogens with one attached hydrogen (secondary N) is 3. The summed E-state index contributed by atoms with van der Waals surface area (Å²) in [5.41, 5.74) is 0.368. The Balaban J connectivity index is 1.36. The van der Waals surface area contributed by atoms with Gasteiger partial charge in [0.1, 0.15) is 17.8 Å². The Bertz CT molecular complexity index is 905. The molecule has 3 aromatic heterocycles. The molecule has 0 atom stereocenters. The summed E-state index contributed by atoms with van der Waals surface area (Å²) in [5.74, 6) is 1.21. The molecule has 24 heavy (non-hydrogen) atoms. The lowest BCUT2D eigenvalue weighted by Crippen LogP contribution is -2.26. The van der Waals surface area contributed by atoms with Crippen molar-refractivity contribution in [1.29, 1.82) is 0 Å². The molecular formula is C13H14N8OS2. The number of amides is 1. The molecule has 124 valence electrons. The molecule has 1 fully saturated rings. The SMILES string of the molecule is O=C(NCCc1n[nH]c(=S)n1C1CC1)c1csc(-c2ncn[nH]2)n1. The van der Waals surface area contributed by atoms with Gasteiger partial charge in [-0.15, -0.1) is 11.3 Å². The molecule has 0 spiro atoms. The highest BCUT2D eigenvalue weighted by atomic mass is 32.1. The smallest absolute Gasteiger partial charge is 0.270 e. The van der Waals surface area contributed by atoms with Gasteiger partial charge < -0.3 is 9.88 Å². The Labute approximate surface area is 145 Å². The quantitative estimate of drug-likeness (QED) is 0.572. The number of carbonyl (C=O) groups is 1. The standard InChI is InChI=1S/C13H14N8OS2/c22-11(8-5-24-12(17-8)10-15-6-16-19-10)14-4-3-9-18-20-13(23)21(9)7-1-2-7/h5-7H,1-4H2,(H,14,22)(H,20,23)(H,15,16,19). The molecule has 3 N–H and O–H groups in total. The molecule has 3 heterocycles. The van der Waals surface area contributed by atoms with Crippen molar-refractivity contribution in [3.63, 3.8) is 0 Å². The maximum absolute atomic E-state index is 12.2. The molecule has 1 saturated carbocycles. The molecule has 3 aromatic rings. The van der Waals surface area contributed by atoms with Crippen LogP contribution in [-0.2, 0) is 6.42 Å². The maximum Gasteiger partial charge on any atom is 0.270 e. The second-order valence-electron chi connectivity index (χ2n) is 5.42. The molecular weight excluding hydrogens is 348 g/mol. The lowest BCUT2D eigenvalue weighted by molar-refractivity contribution is 0.0949. The van der Waals surface area contributed by atoms with Gasteiger partial charge in [-0.3, -0.25) is 15.0 Å². The number of carbonyl (C=O) groups excluding carboxylic acids is 1. The van der Waals surface area contributed by atoms with E-state index < -0.39 is 0 Å². The van der Waals surface area contributed by atoms with Crippen LogP contribution < -0.4 is 5.32 Å². The van der Waals surface area contributed by atoms with Gasteiger partial charge in [-0.25, -0.2) is 9.97 Å². The van der Waals surface area contributed by atoms with Crippen LogP contribution in [0.1, 0.15) is 35.2 Å². The van der Waals surface area contributed by atoms with E-state index in [9.17, 15) is 4.79 Å². The number of aromatic amines is 2. The van der Waals surface area contributed by atoms with Crippen LogP contribution in [0.3, 0.4) is 0 Å². The van der Waals surface area contributed by atoms with E-state index in [1.54, 1.807) is 5.38 Å². The predicted octanol–water partition coefficient (Wildman–Crippen LogP) is 1.49. The second kappa shape index (κ2) is 6.24. The summed E-state index contributed by atoms with van der Waals surface area (Å²) in [5, 5.41) is 18.8. The van der Waals surface area contributed by atoms with Gasteiger partial charge in [0.2, 0.25) is 0 Å². The number of aromatic nitrogens is 7. The second-order valence-corrected chi connectivity index (χ2v) is 6.67. The van der Waals surface area contributed by atoms with Gasteiger partial charge in [0.05, 0.1) is 0 Å². The Hall–Kier alpha value is -2.40. The molecule has 1 amide bonds. The molecule has 0 saturated heterocycles. The summed E-state index contributed by atoms with van der Waals surface area (Å²) in [6, 6.07) is 0.463. The van der Waals surface area contributed by atoms with Gasteiger partial charge in [0.25, 0.3) is 5.91 Å². The fraction of sp³-hybridized carbons (Fsp3) is 0.385. The average Bonchev–Trinajstić information content (AvgIpc) is 3.00. The highest BCUT2D eigenvalue weighted by molar-refractivity contribution is 7.71. The number of H-pyrrole nitrogens is 2. The summed E-state index contributed by atoms with van der Waals surface area (Å²) in [7, 11) is 0. The molecule has 1 aliphatic rings. The molecule has 0 aromatic carbocycles. The first-order valence-corrected chi connectivity index (χ1v) is 8.76. The van der Waals surface area contributed by atoms with Crippen molar-refractivity contribution in [2.45, 2.75) is 25.3 Å². The zero-order valence-electron chi connectivity index (χ0n) is 12.5. The van der Waals surface area contributed by atoms with Crippen molar-refractivity contribution in [1.82, 2.24) is 40.2 Å². The van der Waals surface area contributed by atoms with E-state index in [-0.39, 0.29) is 5.91 Å². The maximum atomic E-state index is 12.2. The summed E-state index contributed by atoms with van der Waals surface area (Å²) < 4.78 is 2.70. The highest BCUT2D eigenvalue weighted by Crippen LogP contribution is 2.35. The third-order valence-corrected chi connectivity index (χ3v) is 4.82.